The molecule has 2 heterocycles. The number of thiophene rings is 1. The molecular weight excluding hydrogens is 306 g/mol. The molecule has 114 valence electrons. The van der Waals surface area contributed by atoms with Crippen molar-refractivity contribution in [1.82, 2.24) is 9.71 Å². The molecule has 2 N–H and O–H groups in total. The minimum atomic E-state index is -3.58. The standard InChI is InChI=1S/C14H19N3O2S2/c1-3-7-15-14-13(5-4-8-16-14)21(18,19)17-10-12-11(2)6-9-20-12/h4-6,8-9,17H,3,7,10H2,1-2H3,(H,15,16). The maximum Gasteiger partial charge on any atom is 0.244 e. The van der Waals surface area contributed by atoms with Crippen LogP contribution in [-0.4, -0.2) is 19.9 Å². The fourth-order valence-electron chi connectivity index (χ4n) is 1.81. The molecule has 0 aliphatic heterocycles. The zero-order valence-electron chi connectivity index (χ0n) is 12.1. The molecule has 0 aromatic carbocycles. The molecule has 0 amide bonds. The third kappa shape index (κ3) is 4.03. The van der Waals surface area contributed by atoms with Crippen molar-refractivity contribution < 1.29 is 8.42 Å². The van der Waals surface area contributed by atoms with Crippen LogP contribution in [0.15, 0.2) is 34.7 Å². The van der Waals surface area contributed by atoms with E-state index < -0.39 is 10.0 Å². The first-order valence-corrected chi connectivity index (χ1v) is 9.12. The Morgan fingerprint density at radius 1 is 1.33 bits per heavy atom. The number of nitrogens with one attached hydrogen (secondary N) is 2. The summed E-state index contributed by atoms with van der Waals surface area (Å²) in [5, 5.41) is 5.00. The van der Waals surface area contributed by atoms with Crippen molar-refractivity contribution in [2.24, 2.45) is 0 Å². The summed E-state index contributed by atoms with van der Waals surface area (Å²) in [5.74, 6) is 0.398. The third-order valence-electron chi connectivity index (χ3n) is 2.99. The summed E-state index contributed by atoms with van der Waals surface area (Å²) in [6.45, 7) is 4.97. The quantitative estimate of drug-likeness (QED) is 0.821. The predicted molar refractivity (Wildman–Crippen MR) is 86.1 cm³/mol. The average Bonchev–Trinajstić information content (AvgIpc) is 2.89. The second-order valence-electron chi connectivity index (χ2n) is 4.63. The highest BCUT2D eigenvalue weighted by atomic mass is 32.2. The van der Waals surface area contributed by atoms with Crippen molar-refractivity contribution in [1.29, 1.82) is 0 Å². The fraction of sp³-hybridized carbons (Fsp3) is 0.357. The van der Waals surface area contributed by atoms with Gasteiger partial charge in [-0.2, -0.15) is 0 Å². The Hall–Kier alpha value is -1.44. The van der Waals surface area contributed by atoms with Crippen molar-refractivity contribution in [3.8, 4) is 0 Å². The van der Waals surface area contributed by atoms with Gasteiger partial charge in [-0.3, -0.25) is 0 Å². The molecule has 0 spiro atoms. The molecule has 0 radical (unpaired) electrons. The Balaban J connectivity index is 2.17. The van der Waals surface area contributed by atoms with E-state index >= 15 is 0 Å². The van der Waals surface area contributed by atoms with E-state index in [9.17, 15) is 8.42 Å². The van der Waals surface area contributed by atoms with E-state index in [1.807, 2.05) is 25.3 Å². The minimum absolute atomic E-state index is 0.188. The van der Waals surface area contributed by atoms with Gasteiger partial charge in [0.05, 0.1) is 0 Å². The van der Waals surface area contributed by atoms with Crippen molar-refractivity contribution in [3.05, 3.63) is 40.2 Å². The molecular formula is C14H19N3O2S2. The molecule has 0 aliphatic carbocycles. The van der Waals surface area contributed by atoms with Crippen molar-refractivity contribution >= 4 is 27.2 Å². The Morgan fingerprint density at radius 2 is 2.14 bits per heavy atom. The first kappa shape index (κ1) is 15.9. The molecule has 5 nitrogen and oxygen atoms in total. The molecule has 0 unspecified atom stereocenters. The maximum absolute atomic E-state index is 12.4. The lowest BCUT2D eigenvalue weighted by atomic mass is 10.3. The molecule has 0 saturated carbocycles. The Kier molecular flexibility index (Phi) is 5.33. The van der Waals surface area contributed by atoms with Gasteiger partial charge in [-0.05, 0) is 42.5 Å². The van der Waals surface area contributed by atoms with Crippen LogP contribution in [-0.2, 0) is 16.6 Å². The van der Waals surface area contributed by atoms with Crippen molar-refractivity contribution in [2.75, 3.05) is 11.9 Å². The van der Waals surface area contributed by atoms with Gasteiger partial charge in [0.1, 0.15) is 10.7 Å². The number of aryl methyl sites for hydroxylation is 1. The second-order valence-corrected chi connectivity index (χ2v) is 7.36. The van der Waals surface area contributed by atoms with E-state index in [1.54, 1.807) is 29.7 Å². The molecule has 0 fully saturated rings. The zero-order valence-corrected chi connectivity index (χ0v) is 13.7. The van der Waals surface area contributed by atoms with Gasteiger partial charge >= 0.3 is 0 Å². The van der Waals surface area contributed by atoms with Gasteiger partial charge in [0.2, 0.25) is 10.0 Å². The van der Waals surface area contributed by atoms with Crippen molar-refractivity contribution in [2.45, 2.75) is 31.7 Å². The number of sulfonamides is 1. The van der Waals surface area contributed by atoms with Crippen LogP contribution in [0.5, 0.6) is 0 Å². The SMILES string of the molecule is CCCNc1ncccc1S(=O)(=O)NCc1sccc1C. The number of anilines is 1. The minimum Gasteiger partial charge on any atom is -0.369 e. The lowest BCUT2D eigenvalue weighted by Gasteiger charge is -2.11. The van der Waals surface area contributed by atoms with Gasteiger partial charge in [0, 0.05) is 24.2 Å². The van der Waals surface area contributed by atoms with E-state index in [-0.39, 0.29) is 4.90 Å². The second kappa shape index (κ2) is 7.02. The highest BCUT2D eigenvalue weighted by Crippen LogP contribution is 2.20. The van der Waals surface area contributed by atoms with Crippen LogP contribution >= 0.6 is 11.3 Å². The Bertz CT molecular complexity index is 696. The molecule has 2 aromatic rings. The summed E-state index contributed by atoms with van der Waals surface area (Å²) < 4.78 is 27.5. The van der Waals surface area contributed by atoms with E-state index in [4.69, 9.17) is 0 Å². The van der Waals surface area contributed by atoms with Gasteiger partial charge in [0.25, 0.3) is 0 Å². The summed E-state index contributed by atoms with van der Waals surface area (Å²) in [6.07, 6.45) is 2.48. The Morgan fingerprint density at radius 3 is 2.81 bits per heavy atom. The third-order valence-corrected chi connectivity index (χ3v) is 5.45. The molecule has 21 heavy (non-hydrogen) atoms. The summed E-state index contributed by atoms with van der Waals surface area (Å²) in [6, 6.07) is 5.17. The lowest BCUT2D eigenvalue weighted by Crippen LogP contribution is -2.24. The van der Waals surface area contributed by atoms with Gasteiger partial charge in [0.15, 0.2) is 0 Å². The number of nitrogens with zero attached hydrogens (tertiary/aromatic N) is 1. The van der Waals surface area contributed by atoms with Gasteiger partial charge in [-0.15, -0.1) is 11.3 Å². The summed E-state index contributed by atoms with van der Waals surface area (Å²) >= 11 is 1.55. The highest BCUT2D eigenvalue weighted by Gasteiger charge is 2.19. The summed E-state index contributed by atoms with van der Waals surface area (Å²) in [7, 11) is -3.58. The van der Waals surface area contributed by atoms with Crippen LogP contribution in [0.2, 0.25) is 0 Å². The van der Waals surface area contributed by atoms with E-state index in [2.05, 4.69) is 15.0 Å². The zero-order chi connectivity index (χ0) is 15.3. The predicted octanol–water partition coefficient (Wildman–Crippen LogP) is 2.75. The van der Waals surface area contributed by atoms with Crippen LogP contribution in [0.1, 0.15) is 23.8 Å². The number of hydrogen-bond acceptors (Lipinski definition) is 5. The van der Waals surface area contributed by atoms with Gasteiger partial charge in [-0.1, -0.05) is 6.92 Å². The first-order valence-electron chi connectivity index (χ1n) is 6.76. The smallest absolute Gasteiger partial charge is 0.244 e. The number of hydrogen-bond donors (Lipinski definition) is 2. The fourth-order valence-corrected chi connectivity index (χ4v) is 3.87. The molecule has 0 saturated heterocycles. The average molecular weight is 325 g/mol. The van der Waals surface area contributed by atoms with Crippen molar-refractivity contribution in [3.63, 3.8) is 0 Å². The topological polar surface area (TPSA) is 71.1 Å². The largest absolute Gasteiger partial charge is 0.369 e. The molecule has 7 heteroatoms. The van der Waals surface area contributed by atoms with Crippen LogP contribution in [0.3, 0.4) is 0 Å². The number of pyridine rings is 1. The number of rotatable bonds is 7. The molecule has 0 aliphatic rings. The van der Waals surface area contributed by atoms with E-state index in [0.29, 0.717) is 18.9 Å². The summed E-state index contributed by atoms with van der Waals surface area (Å²) in [4.78, 5) is 5.32. The molecule has 0 atom stereocenters. The summed E-state index contributed by atoms with van der Waals surface area (Å²) in [5.41, 5.74) is 1.10. The molecule has 2 rings (SSSR count). The highest BCUT2D eigenvalue weighted by molar-refractivity contribution is 7.89. The number of aromatic nitrogens is 1. The van der Waals surface area contributed by atoms with E-state index in [1.165, 1.54) is 0 Å². The van der Waals surface area contributed by atoms with E-state index in [0.717, 1.165) is 16.9 Å². The van der Waals surface area contributed by atoms with Crippen LogP contribution < -0.4 is 10.0 Å². The van der Waals surface area contributed by atoms with Gasteiger partial charge < -0.3 is 5.32 Å². The van der Waals surface area contributed by atoms with Crippen LogP contribution in [0.4, 0.5) is 5.82 Å². The van der Waals surface area contributed by atoms with Crippen LogP contribution in [0, 0.1) is 6.92 Å². The molecule has 0 bridgehead atoms. The Labute approximate surface area is 129 Å². The monoisotopic (exact) mass is 325 g/mol. The first-order chi connectivity index (χ1) is 10.0. The normalized spacial score (nSPS) is 11.5. The maximum atomic E-state index is 12.4. The molecule has 2 aromatic heterocycles. The van der Waals surface area contributed by atoms with Crippen LogP contribution in [0.25, 0.3) is 0 Å². The van der Waals surface area contributed by atoms with Gasteiger partial charge in [-0.25, -0.2) is 18.1 Å². The lowest BCUT2D eigenvalue weighted by molar-refractivity contribution is 0.581.